The van der Waals surface area contributed by atoms with E-state index >= 15 is 8.78 Å². The van der Waals surface area contributed by atoms with Gasteiger partial charge in [0.1, 0.15) is 11.0 Å². The number of hydrogen-bond donors (Lipinski definition) is 0. The Morgan fingerprint density at radius 2 is 0.731 bits per heavy atom. The Morgan fingerprint density at radius 3 is 1.12 bits per heavy atom. The lowest BCUT2D eigenvalue weighted by atomic mass is 9.79. The predicted octanol–water partition coefficient (Wildman–Crippen LogP) is 17.4. The molecule has 0 spiro atoms. The molecule has 0 amide bonds. The lowest BCUT2D eigenvalue weighted by Gasteiger charge is -2.24. The summed E-state index contributed by atoms with van der Waals surface area (Å²) < 4.78 is 43.4. The molecule has 0 atom stereocenters. The van der Waals surface area contributed by atoms with E-state index in [1.165, 1.54) is 55.0 Å². The Balaban J connectivity index is 0.881. The predicted molar refractivity (Wildman–Crippen MR) is 277 cm³/mol. The van der Waals surface area contributed by atoms with Gasteiger partial charge in [-0.15, -0.1) is 11.8 Å². The molecule has 0 radical (unpaired) electrons. The van der Waals surface area contributed by atoms with Crippen LogP contribution in [-0.2, 0) is 16.2 Å². The third-order valence-corrected chi connectivity index (χ3v) is 16.8. The van der Waals surface area contributed by atoms with Crippen LogP contribution in [0.1, 0.15) is 94.3 Å². The van der Waals surface area contributed by atoms with E-state index in [2.05, 4.69) is 180 Å². The fourth-order valence-electron chi connectivity index (χ4n) is 11.6. The highest BCUT2D eigenvalue weighted by Gasteiger charge is 2.40. The van der Waals surface area contributed by atoms with Gasteiger partial charge in [-0.05, 0) is 150 Å². The molecule has 9 aromatic rings. The van der Waals surface area contributed by atoms with Crippen molar-refractivity contribution in [1.29, 1.82) is 0 Å². The molecule has 0 fully saturated rings. The first-order valence-corrected chi connectivity index (χ1v) is 24.9. The van der Waals surface area contributed by atoms with Gasteiger partial charge in [0.05, 0.1) is 11.7 Å². The van der Waals surface area contributed by atoms with Crippen molar-refractivity contribution in [3.8, 4) is 77.9 Å². The average Bonchev–Trinajstić information content (AvgIpc) is 4.00. The topological polar surface area (TPSA) is 25.8 Å². The number of hydrogen-bond acceptors (Lipinski definition) is 4. The first-order chi connectivity index (χ1) is 32.0. The van der Waals surface area contributed by atoms with Crippen LogP contribution in [0.15, 0.2) is 138 Å². The van der Waals surface area contributed by atoms with Crippen LogP contribution in [-0.4, -0.2) is 14.0 Å². The molecule has 0 saturated heterocycles. The second-order valence-electron chi connectivity index (χ2n) is 20.8. The van der Waals surface area contributed by atoms with E-state index in [0.29, 0.717) is 27.4 Å². The summed E-state index contributed by atoms with van der Waals surface area (Å²) in [5.41, 5.74) is 21.8. The van der Waals surface area contributed by atoms with E-state index in [-0.39, 0.29) is 22.0 Å². The number of rotatable bonds is 6. The highest BCUT2D eigenvalue weighted by Crippen LogP contribution is 2.55. The van der Waals surface area contributed by atoms with Gasteiger partial charge in [0.15, 0.2) is 11.6 Å². The molecule has 0 aliphatic heterocycles. The van der Waals surface area contributed by atoms with Crippen molar-refractivity contribution in [2.75, 3.05) is 0 Å². The molecule has 3 aliphatic carbocycles. The van der Waals surface area contributed by atoms with Crippen LogP contribution in [0.2, 0.25) is 0 Å². The lowest BCUT2D eigenvalue weighted by Crippen LogP contribution is -2.15. The van der Waals surface area contributed by atoms with Crippen molar-refractivity contribution in [2.45, 2.75) is 88.7 Å². The summed E-state index contributed by atoms with van der Waals surface area (Å²) in [6.45, 7) is 20.1. The van der Waals surface area contributed by atoms with Crippen molar-refractivity contribution in [1.82, 2.24) is 8.75 Å². The van der Waals surface area contributed by atoms with Crippen molar-refractivity contribution in [3.63, 3.8) is 0 Å². The fraction of sp³-hybridized carbons (Fsp3) is 0.213. The summed E-state index contributed by atoms with van der Waals surface area (Å²) in [5, 5.41) is 0.520. The Morgan fingerprint density at radius 1 is 0.418 bits per heavy atom. The van der Waals surface area contributed by atoms with Gasteiger partial charge in [-0.1, -0.05) is 152 Å². The molecular formula is C61H50F2N2S2. The molecule has 330 valence electrons. The number of aromatic nitrogens is 2. The van der Waals surface area contributed by atoms with E-state index < -0.39 is 17.0 Å². The zero-order valence-electron chi connectivity index (χ0n) is 39.2. The minimum Gasteiger partial charge on any atom is -0.203 e. The smallest absolute Gasteiger partial charge is 0.169 e. The largest absolute Gasteiger partial charge is 0.203 e. The molecule has 1 heterocycles. The molecule has 12 rings (SSSR count). The molecule has 0 N–H and O–H groups in total. The monoisotopic (exact) mass is 912 g/mol. The van der Waals surface area contributed by atoms with E-state index in [9.17, 15) is 0 Å². The normalized spacial score (nSPS) is 15.3. The highest BCUT2D eigenvalue weighted by molar-refractivity contribution is 7.99. The average molecular weight is 913 g/mol. The number of thioether (sulfide) groups is 1. The maximum atomic E-state index is 17.0. The van der Waals surface area contributed by atoms with E-state index in [1.807, 2.05) is 36.0 Å². The van der Waals surface area contributed by atoms with Crippen LogP contribution < -0.4 is 0 Å². The summed E-state index contributed by atoms with van der Waals surface area (Å²) in [5.74, 6) is -1.82. The third kappa shape index (κ3) is 6.18. The zero-order valence-corrected chi connectivity index (χ0v) is 40.9. The highest BCUT2D eigenvalue weighted by atomic mass is 32.2. The molecule has 67 heavy (non-hydrogen) atoms. The Hall–Kier alpha value is -6.21. The summed E-state index contributed by atoms with van der Waals surface area (Å²) >= 11 is 2.85. The van der Waals surface area contributed by atoms with Gasteiger partial charge < -0.3 is 0 Å². The number of fused-ring (bicyclic) bond motifs is 10. The minimum atomic E-state index is -0.909. The molecule has 0 saturated carbocycles. The van der Waals surface area contributed by atoms with Crippen LogP contribution >= 0.6 is 23.5 Å². The van der Waals surface area contributed by atoms with Gasteiger partial charge in [0, 0.05) is 37.5 Å². The van der Waals surface area contributed by atoms with E-state index in [4.69, 9.17) is 0 Å². The van der Waals surface area contributed by atoms with Crippen molar-refractivity contribution >= 4 is 34.5 Å². The minimum absolute atomic E-state index is 0.101. The molecule has 2 nitrogen and oxygen atoms in total. The van der Waals surface area contributed by atoms with E-state index in [0.717, 1.165) is 56.2 Å². The number of halogens is 2. The number of benzene rings is 8. The molecule has 8 aromatic carbocycles. The summed E-state index contributed by atoms with van der Waals surface area (Å²) in [7, 11) is 0. The lowest BCUT2D eigenvalue weighted by molar-refractivity contribution is 0.515. The SMILES string of the molecule is Cc1ccc2c(c1)C(C)(C)c1cc(-c3ccc4c(c3)C(C)(C)c3cc(-c5c(F)c(F)c(-c6ccc7c(c6)C(C)(C)c6cc(-c8ccc(SC(C)C)cc8)ccc6-7)c6nsnc56)ccc3-4)ccc1-2. The molecule has 1 aromatic heterocycles. The second kappa shape index (κ2) is 14.6. The molecular weight excluding hydrogens is 863 g/mol. The Bertz CT molecular complexity index is 3590. The van der Waals surface area contributed by atoms with Crippen LogP contribution in [0.4, 0.5) is 8.78 Å². The molecule has 6 heteroatoms. The maximum absolute atomic E-state index is 17.0. The van der Waals surface area contributed by atoms with Crippen LogP contribution in [0.25, 0.3) is 88.9 Å². The van der Waals surface area contributed by atoms with Gasteiger partial charge in [0.2, 0.25) is 0 Å². The van der Waals surface area contributed by atoms with Crippen molar-refractivity contribution in [2.24, 2.45) is 0 Å². The summed E-state index contributed by atoms with van der Waals surface area (Å²) in [4.78, 5) is 1.26. The van der Waals surface area contributed by atoms with Crippen LogP contribution in [0.5, 0.6) is 0 Å². The van der Waals surface area contributed by atoms with Crippen LogP contribution in [0.3, 0.4) is 0 Å². The standard InChI is InChI=1S/C61H50F2N2S2/c1-32(2)66-40-18-11-34(12-19-40)35-13-21-43-45-24-16-38(30-51(45)60(6,7)48(43)27-35)53-55(62)56(63)54(58-57(53)64-67-65-58)39-17-25-46-44-23-15-37(29-50(44)61(8,9)52(46)31-39)36-14-22-42-41-20-10-33(3)26-47(41)59(4,5)49(42)28-36/h10-32H,1-9H3. The first-order valence-electron chi connectivity index (χ1n) is 23.3. The number of nitrogens with zero attached hydrogens (tertiary/aromatic N) is 2. The van der Waals surface area contributed by atoms with Gasteiger partial charge in [0.25, 0.3) is 0 Å². The first kappa shape index (κ1) is 42.2. The van der Waals surface area contributed by atoms with Crippen molar-refractivity contribution in [3.05, 3.63) is 184 Å². The molecule has 3 aliphatic rings. The second-order valence-corrected chi connectivity index (χ2v) is 22.9. The van der Waals surface area contributed by atoms with Gasteiger partial charge in [-0.3, -0.25) is 0 Å². The van der Waals surface area contributed by atoms with E-state index in [1.54, 1.807) is 0 Å². The molecule has 0 unspecified atom stereocenters. The third-order valence-electron chi connectivity index (χ3n) is 15.2. The zero-order chi connectivity index (χ0) is 46.5. The summed E-state index contributed by atoms with van der Waals surface area (Å²) in [6, 6.07) is 48.0. The quantitative estimate of drug-likeness (QED) is 0.155. The summed E-state index contributed by atoms with van der Waals surface area (Å²) in [6.07, 6.45) is 0. The fourth-order valence-corrected chi connectivity index (χ4v) is 13.0. The number of aryl methyl sites for hydroxylation is 1. The van der Waals surface area contributed by atoms with Gasteiger partial charge >= 0.3 is 0 Å². The maximum Gasteiger partial charge on any atom is 0.169 e. The Labute approximate surface area is 400 Å². The van der Waals surface area contributed by atoms with Crippen molar-refractivity contribution < 1.29 is 8.78 Å². The Kier molecular flexibility index (Phi) is 9.22. The molecule has 0 bridgehead atoms. The van der Waals surface area contributed by atoms with Crippen LogP contribution in [0, 0.1) is 18.6 Å². The van der Waals surface area contributed by atoms with Gasteiger partial charge in [-0.25, -0.2) is 8.78 Å². The van der Waals surface area contributed by atoms with Gasteiger partial charge in [-0.2, -0.15) is 8.75 Å².